The van der Waals surface area contributed by atoms with Crippen LogP contribution < -0.4 is 5.73 Å². The average molecular weight is 229 g/mol. The van der Waals surface area contributed by atoms with E-state index in [0.29, 0.717) is 25.7 Å². The molecule has 0 spiro atoms. The molecule has 1 saturated heterocycles. The molecule has 0 aromatic carbocycles. The van der Waals surface area contributed by atoms with Gasteiger partial charge in [0.05, 0.1) is 13.2 Å². The van der Waals surface area contributed by atoms with Gasteiger partial charge in [-0.25, -0.2) is 0 Å². The summed E-state index contributed by atoms with van der Waals surface area (Å²) in [5, 5.41) is 8.50. The van der Waals surface area contributed by atoms with Gasteiger partial charge >= 0.3 is 0 Å². The summed E-state index contributed by atoms with van der Waals surface area (Å²) in [6, 6.07) is 0. The van der Waals surface area contributed by atoms with Crippen LogP contribution in [0.5, 0.6) is 0 Å². The van der Waals surface area contributed by atoms with Gasteiger partial charge in [-0.3, -0.25) is 4.99 Å². The number of aliphatic hydroxyl groups is 1. The van der Waals surface area contributed by atoms with E-state index in [-0.39, 0.29) is 6.61 Å². The summed E-state index contributed by atoms with van der Waals surface area (Å²) in [4.78, 5) is 6.47. The van der Waals surface area contributed by atoms with Crippen LogP contribution in [0.1, 0.15) is 25.7 Å². The zero-order valence-electron chi connectivity index (χ0n) is 9.90. The molecule has 0 aromatic heterocycles. The largest absolute Gasteiger partial charge is 0.394 e. The van der Waals surface area contributed by atoms with Crippen molar-refractivity contribution in [2.75, 3.05) is 39.5 Å². The maximum atomic E-state index is 8.50. The predicted molar refractivity (Wildman–Crippen MR) is 64.4 cm³/mol. The van der Waals surface area contributed by atoms with Gasteiger partial charge in [-0.15, -0.1) is 0 Å². The van der Waals surface area contributed by atoms with Crippen LogP contribution in [0.15, 0.2) is 4.99 Å². The number of guanidine groups is 1. The fraction of sp³-hybridized carbons (Fsp3) is 0.909. The van der Waals surface area contributed by atoms with Crippen molar-refractivity contribution in [3.63, 3.8) is 0 Å². The third-order valence-electron chi connectivity index (χ3n) is 2.64. The van der Waals surface area contributed by atoms with Gasteiger partial charge in [0, 0.05) is 26.2 Å². The van der Waals surface area contributed by atoms with Crippen molar-refractivity contribution in [1.29, 1.82) is 0 Å². The number of hydrogen-bond acceptors (Lipinski definition) is 3. The SMILES string of the molecule is NC(=NCCCOCCO)N1CCCCC1. The summed E-state index contributed by atoms with van der Waals surface area (Å²) in [6.07, 6.45) is 4.60. The highest BCUT2D eigenvalue weighted by Gasteiger charge is 2.11. The zero-order valence-corrected chi connectivity index (χ0v) is 9.90. The lowest BCUT2D eigenvalue weighted by Crippen LogP contribution is -2.40. The standard InChI is InChI=1S/C11H23N3O2/c12-11(14-6-2-1-3-7-14)13-5-4-9-16-10-8-15/h15H,1-10H2,(H2,12,13). The molecular formula is C11H23N3O2. The molecule has 0 unspecified atom stereocenters. The first-order chi connectivity index (χ1) is 7.84. The fourth-order valence-corrected chi connectivity index (χ4v) is 1.75. The van der Waals surface area contributed by atoms with Crippen LogP contribution in [0.2, 0.25) is 0 Å². The van der Waals surface area contributed by atoms with Crippen molar-refractivity contribution in [2.24, 2.45) is 10.7 Å². The van der Waals surface area contributed by atoms with Crippen molar-refractivity contribution in [3.05, 3.63) is 0 Å². The quantitative estimate of drug-likeness (QED) is 0.387. The molecule has 0 radical (unpaired) electrons. The lowest BCUT2D eigenvalue weighted by molar-refractivity contribution is 0.0917. The maximum Gasteiger partial charge on any atom is 0.191 e. The first-order valence-electron chi connectivity index (χ1n) is 6.08. The third kappa shape index (κ3) is 5.32. The Hall–Kier alpha value is -0.810. The molecule has 1 heterocycles. The van der Waals surface area contributed by atoms with Gasteiger partial charge in [0.1, 0.15) is 0 Å². The molecule has 0 saturated carbocycles. The van der Waals surface area contributed by atoms with Gasteiger partial charge in [0.15, 0.2) is 5.96 Å². The molecule has 0 bridgehead atoms. The molecule has 0 amide bonds. The number of likely N-dealkylation sites (tertiary alicyclic amines) is 1. The molecule has 0 aliphatic carbocycles. The lowest BCUT2D eigenvalue weighted by Gasteiger charge is -2.27. The second-order valence-corrected chi connectivity index (χ2v) is 3.98. The molecular weight excluding hydrogens is 206 g/mol. The molecule has 1 aliphatic heterocycles. The average Bonchev–Trinajstić information content (AvgIpc) is 2.34. The van der Waals surface area contributed by atoms with Crippen LogP contribution in [-0.2, 0) is 4.74 Å². The summed E-state index contributed by atoms with van der Waals surface area (Å²) in [5.41, 5.74) is 5.88. The zero-order chi connectivity index (χ0) is 11.6. The Kier molecular flexibility index (Phi) is 6.92. The highest BCUT2D eigenvalue weighted by molar-refractivity contribution is 5.78. The monoisotopic (exact) mass is 229 g/mol. The van der Waals surface area contributed by atoms with Crippen molar-refractivity contribution in [1.82, 2.24) is 4.90 Å². The number of hydrogen-bond donors (Lipinski definition) is 2. The highest BCUT2D eigenvalue weighted by atomic mass is 16.5. The Morgan fingerprint density at radius 3 is 2.69 bits per heavy atom. The molecule has 5 nitrogen and oxygen atoms in total. The van der Waals surface area contributed by atoms with E-state index in [1.165, 1.54) is 19.3 Å². The molecule has 94 valence electrons. The minimum atomic E-state index is 0.0825. The Morgan fingerprint density at radius 1 is 1.25 bits per heavy atom. The van der Waals surface area contributed by atoms with Gasteiger partial charge in [0.2, 0.25) is 0 Å². The number of piperidine rings is 1. The Morgan fingerprint density at radius 2 is 2.00 bits per heavy atom. The smallest absolute Gasteiger partial charge is 0.191 e. The second-order valence-electron chi connectivity index (χ2n) is 3.98. The number of rotatable bonds is 6. The van der Waals surface area contributed by atoms with Gasteiger partial charge in [0.25, 0.3) is 0 Å². The number of ether oxygens (including phenoxy) is 1. The fourth-order valence-electron chi connectivity index (χ4n) is 1.75. The van der Waals surface area contributed by atoms with Crippen LogP contribution in [0.25, 0.3) is 0 Å². The van der Waals surface area contributed by atoms with E-state index >= 15 is 0 Å². The van der Waals surface area contributed by atoms with Crippen LogP contribution in [0.3, 0.4) is 0 Å². The van der Waals surface area contributed by atoms with Crippen LogP contribution in [0.4, 0.5) is 0 Å². The number of aliphatic imine (C=N–C) groups is 1. The van der Waals surface area contributed by atoms with Crippen LogP contribution >= 0.6 is 0 Å². The highest BCUT2D eigenvalue weighted by Crippen LogP contribution is 2.07. The second kappa shape index (κ2) is 8.35. The number of aliphatic hydroxyl groups excluding tert-OH is 1. The van der Waals surface area contributed by atoms with E-state index < -0.39 is 0 Å². The van der Waals surface area contributed by atoms with Crippen molar-refractivity contribution in [2.45, 2.75) is 25.7 Å². The summed E-state index contributed by atoms with van der Waals surface area (Å²) >= 11 is 0. The van der Waals surface area contributed by atoms with Gasteiger partial charge in [-0.2, -0.15) is 0 Å². The molecule has 1 fully saturated rings. The third-order valence-corrected chi connectivity index (χ3v) is 2.64. The van der Waals surface area contributed by atoms with Crippen molar-refractivity contribution >= 4 is 5.96 Å². The minimum absolute atomic E-state index is 0.0825. The van der Waals surface area contributed by atoms with Crippen molar-refractivity contribution < 1.29 is 9.84 Å². The summed E-state index contributed by atoms with van der Waals surface area (Å²) in [7, 11) is 0. The molecule has 16 heavy (non-hydrogen) atoms. The summed E-state index contributed by atoms with van der Waals surface area (Å²) in [6.45, 7) is 3.91. The van der Waals surface area contributed by atoms with E-state index in [4.69, 9.17) is 15.6 Å². The molecule has 0 atom stereocenters. The topological polar surface area (TPSA) is 71.1 Å². The van der Waals surface area contributed by atoms with E-state index in [2.05, 4.69) is 9.89 Å². The molecule has 3 N–H and O–H groups in total. The van der Waals surface area contributed by atoms with Gasteiger partial charge < -0.3 is 20.5 Å². The Labute approximate surface area is 97.3 Å². The maximum absolute atomic E-state index is 8.50. The normalized spacial score (nSPS) is 17.8. The Bertz CT molecular complexity index is 203. The van der Waals surface area contributed by atoms with Gasteiger partial charge in [-0.05, 0) is 25.7 Å². The molecule has 5 heteroatoms. The van der Waals surface area contributed by atoms with Crippen LogP contribution in [-0.4, -0.2) is 55.4 Å². The summed E-state index contributed by atoms with van der Waals surface area (Å²) < 4.78 is 5.14. The lowest BCUT2D eigenvalue weighted by atomic mass is 10.1. The van der Waals surface area contributed by atoms with E-state index in [0.717, 1.165) is 19.5 Å². The first-order valence-corrected chi connectivity index (χ1v) is 6.08. The molecule has 0 aromatic rings. The van der Waals surface area contributed by atoms with E-state index in [1.54, 1.807) is 0 Å². The minimum Gasteiger partial charge on any atom is -0.394 e. The van der Waals surface area contributed by atoms with E-state index in [9.17, 15) is 0 Å². The molecule has 1 aliphatic rings. The predicted octanol–water partition coefficient (Wildman–Crippen LogP) is 0.186. The number of nitrogens with zero attached hydrogens (tertiary/aromatic N) is 2. The first kappa shape index (κ1) is 13.3. The van der Waals surface area contributed by atoms with E-state index in [1.807, 2.05) is 0 Å². The van der Waals surface area contributed by atoms with Crippen molar-refractivity contribution in [3.8, 4) is 0 Å². The van der Waals surface area contributed by atoms with Crippen LogP contribution in [0, 0.1) is 0 Å². The number of nitrogens with two attached hydrogens (primary N) is 1. The molecule has 1 rings (SSSR count). The summed E-state index contributed by atoms with van der Waals surface area (Å²) in [5.74, 6) is 0.668. The Balaban J connectivity index is 2.07. The van der Waals surface area contributed by atoms with Gasteiger partial charge in [-0.1, -0.05) is 0 Å².